The van der Waals surface area contributed by atoms with Gasteiger partial charge in [0.2, 0.25) is 0 Å². The second-order valence-corrected chi connectivity index (χ2v) is 7.47. The molecular weight excluding hydrogens is 364 g/mol. The predicted molar refractivity (Wildman–Crippen MR) is 102 cm³/mol. The molecule has 5 aromatic rings. The van der Waals surface area contributed by atoms with Gasteiger partial charge in [-0.3, -0.25) is 0 Å². The van der Waals surface area contributed by atoms with Gasteiger partial charge in [0.05, 0.1) is 11.0 Å². The highest BCUT2D eigenvalue weighted by Gasteiger charge is 2.15. The van der Waals surface area contributed by atoms with Crippen LogP contribution in [0.25, 0.3) is 21.8 Å². The molecule has 0 spiro atoms. The zero-order chi connectivity index (χ0) is 17.3. The van der Waals surface area contributed by atoms with Crippen LogP contribution in [0.5, 0.6) is 0 Å². The molecule has 0 aliphatic rings. The minimum absolute atomic E-state index is 0.778. The highest BCUT2D eigenvalue weighted by atomic mass is 32.2. The topological polar surface area (TPSA) is 83.1 Å². The molecule has 2 aromatic carbocycles. The normalized spacial score (nSPS) is 11.4. The van der Waals surface area contributed by atoms with Crippen molar-refractivity contribution >= 4 is 45.3 Å². The van der Waals surface area contributed by atoms with E-state index in [2.05, 4.69) is 44.2 Å². The quantitative estimate of drug-likeness (QED) is 0.448. The monoisotopic (exact) mass is 376 g/mol. The molecule has 5 rings (SSSR count). The first-order valence-corrected chi connectivity index (χ1v) is 9.53. The van der Waals surface area contributed by atoms with Crippen molar-refractivity contribution in [3.05, 3.63) is 61.2 Å². The second-order valence-electron chi connectivity index (χ2n) is 5.51. The summed E-state index contributed by atoms with van der Waals surface area (Å²) in [7, 11) is 0. The van der Waals surface area contributed by atoms with E-state index in [1.807, 2.05) is 12.1 Å². The van der Waals surface area contributed by atoms with Crippen LogP contribution in [0.15, 0.2) is 81.6 Å². The van der Waals surface area contributed by atoms with E-state index in [1.165, 1.54) is 23.5 Å². The maximum absolute atomic E-state index is 4.86. The Kier molecular flexibility index (Phi) is 3.84. The maximum Gasteiger partial charge on any atom is 0.171 e. The lowest BCUT2D eigenvalue weighted by Crippen LogP contribution is -1.94. The fourth-order valence-corrected chi connectivity index (χ4v) is 4.29. The van der Waals surface area contributed by atoms with E-state index in [0.29, 0.717) is 0 Å². The van der Waals surface area contributed by atoms with Crippen LogP contribution < -0.4 is 0 Å². The van der Waals surface area contributed by atoms with E-state index < -0.39 is 0 Å². The van der Waals surface area contributed by atoms with Gasteiger partial charge in [0.15, 0.2) is 10.3 Å². The number of H-pyrrole nitrogens is 2. The average Bonchev–Trinajstić information content (AvgIpc) is 3.35. The van der Waals surface area contributed by atoms with Crippen molar-refractivity contribution in [2.75, 3.05) is 0 Å². The van der Waals surface area contributed by atoms with Gasteiger partial charge in [0.1, 0.15) is 10.1 Å². The van der Waals surface area contributed by atoms with Gasteiger partial charge in [-0.25, -0.2) is 19.9 Å². The lowest BCUT2D eigenvalue weighted by molar-refractivity contribution is 0.944. The highest BCUT2D eigenvalue weighted by Crippen LogP contribution is 2.35. The van der Waals surface area contributed by atoms with Crippen molar-refractivity contribution in [1.29, 1.82) is 0 Å². The molecule has 8 heteroatoms. The van der Waals surface area contributed by atoms with Crippen molar-refractivity contribution in [3.63, 3.8) is 0 Å². The van der Waals surface area contributed by atoms with E-state index >= 15 is 0 Å². The summed E-state index contributed by atoms with van der Waals surface area (Å²) in [6.07, 6.45) is 7.04. The van der Waals surface area contributed by atoms with Crippen LogP contribution in [-0.4, -0.2) is 29.9 Å². The average molecular weight is 376 g/mol. The van der Waals surface area contributed by atoms with Crippen LogP contribution in [0.3, 0.4) is 0 Å². The Morgan fingerprint density at radius 1 is 0.692 bits per heavy atom. The highest BCUT2D eigenvalue weighted by molar-refractivity contribution is 8.02. The van der Waals surface area contributed by atoms with Gasteiger partial charge < -0.3 is 9.97 Å². The van der Waals surface area contributed by atoms with Gasteiger partial charge >= 0.3 is 0 Å². The molecule has 0 unspecified atom stereocenters. The summed E-state index contributed by atoms with van der Waals surface area (Å²) in [5, 5.41) is 5.44. The van der Waals surface area contributed by atoms with E-state index in [1.54, 1.807) is 24.8 Å². The largest absolute Gasteiger partial charge is 0.339 e. The molecule has 0 aliphatic heterocycles. The number of nitrogens with zero attached hydrogens (tertiary/aromatic N) is 4. The summed E-state index contributed by atoms with van der Waals surface area (Å²) in [5.41, 5.74) is 1.73. The number of nitrogens with one attached hydrogen (secondary N) is 2. The first-order valence-electron chi connectivity index (χ1n) is 7.90. The SMILES string of the molecule is c1ccc2cc3nc(Sc4ncc[nH]4)c(Sc4ncc[nH]4)nc3cc2c1. The lowest BCUT2D eigenvalue weighted by Gasteiger charge is -2.08. The molecule has 0 atom stereocenters. The van der Waals surface area contributed by atoms with E-state index in [-0.39, 0.29) is 0 Å². The Labute approximate surface area is 156 Å². The van der Waals surface area contributed by atoms with Crippen LogP contribution in [0.1, 0.15) is 0 Å². The van der Waals surface area contributed by atoms with Crippen LogP contribution in [-0.2, 0) is 0 Å². The Balaban J connectivity index is 1.68. The molecule has 3 aromatic heterocycles. The van der Waals surface area contributed by atoms with Crippen LogP contribution in [0, 0.1) is 0 Å². The van der Waals surface area contributed by atoms with Gasteiger partial charge in [-0.2, -0.15) is 0 Å². The molecule has 0 fully saturated rings. The smallest absolute Gasteiger partial charge is 0.171 e. The van der Waals surface area contributed by atoms with Crippen molar-refractivity contribution in [2.45, 2.75) is 20.4 Å². The van der Waals surface area contributed by atoms with Crippen molar-refractivity contribution in [2.24, 2.45) is 0 Å². The number of rotatable bonds is 4. The number of fused-ring (bicyclic) bond motifs is 2. The van der Waals surface area contributed by atoms with Gasteiger partial charge in [0.25, 0.3) is 0 Å². The number of hydrogen-bond acceptors (Lipinski definition) is 6. The minimum Gasteiger partial charge on any atom is -0.339 e. The third-order valence-corrected chi connectivity index (χ3v) is 5.72. The molecule has 2 N–H and O–H groups in total. The Bertz CT molecular complexity index is 1090. The van der Waals surface area contributed by atoms with E-state index in [0.717, 1.165) is 42.2 Å². The Hall–Kier alpha value is -2.84. The van der Waals surface area contributed by atoms with Crippen LogP contribution in [0.2, 0.25) is 0 Å². The summed E-state index contributed by atoms with van der Waals surface area (Å²) < 4.78 is 0. The van der Waals surface area contributed by atoms with E-state index in [9.17, 15) is 0 Å². The molecule has 0 aliphatic carbocycles. The molecule has 0 saturated carbocycles. The maximum atomic E-state index is 4.86. The summed E-state index contributed by atoms with van der Waals surface area (Å²) >= 11 is 2.92. The number of aromatic amines is 2. The van der Waals surface area contributed by atoms with Gasteiger partial charge in [-0.1, -0.05) is 24.3 Å². The molecule has 6 nitrogen and oxygen atoms in total. The lowest BCUT2D eigenvalue weighted by atomic mass is 10.1. The van der Waals surface area contributed by atoms with Gasteiger partial charge in [-0.05, 0) is 46.4 Å². The first kappa shape index (κ1) is 15.4. The predicted octanol–water partition coefficient (Wildman–Crippen LogP) is 4.53. The summed E-state index contributed by atoms with van der Waals surface area (Å²) in [6, 6.07) is 12.4. The van der Waals surface area contributed by atoms with Crippen molar-refractivity contribution in [1.82, 2.24) is 29.9 Å². The number of benzene rings is 2. The Morgan fingerprint density at radius 2 is 1.19 bits per heavy atom. The first-order chi connectivity index (χ1) is 12.8. The fraction of sp³-hybridized carbons (Fsp3) is 0. The third-order valence-electron chi connectivity index (χ3n) is 3.80. The van der Waals surface area contributed by atoms with E-state index in [4.69, 9.17) is 9.97 Å². The molecule has 0 bridgehead atoms. The molecule has 0 amide bonds. The zero-order valence-electron chi connectivity index (χ0n) is 13.4. The summed E-state index contributed by atoms with van der Waals surface area (Å²) in [4.78, 5) is 24.5. The molecule has 0 radical (unpaired) electrons. The number of hydrogen-bond donors (Lipinski definition) is 2. The molecule has 126 valence electrons. The Morgan fingerprint density at radius 3 is 1.62 bits per heavy atom. The number of aromatic nitrogens is 6. The van der Waals surface area contributed by atoms with Crippen LogP contribution in [0.4, 0.5) is 0 Å². The van der Waals surface area contributed by atoms with Crippen molar-refractivity contribution < 1.29 is 0 Å². The summed E-state index contributed by atoms with van der Waals surface area (Å²) in [5.74, 6) is 0. The number of imidazole rings is 2. The zero-order valence-corrected chi connectivity index (χ0v) is 15.0. The fourth-order valence-electron chi connectivity index (χ4n) is 2.64. The molecule has 3 heterocycles. The second kappa shape index (κ2) is 6.47. The summed E-state index contributed by atoms with van der Waals surface area (Å²) in [6.45, 7) is 0. The van der Waals surface area contributed by atoms with Gasteiger partial charge in [0, 0.05) is 24.8 Å². The molecule has 0 saturated heterocycles. The standard InChI is InChI=1S/C18H12N6S2/c1-2-4-12-10-14-13(9-11(12)3-1)23-15(25-17-19-5-6-20-17)16(24-14)26-18-21-7-8-22-18/h1-10H,(H,19,20)(H,21,22). The van der Waals surface area contributed by atoms with Crippen LogP contribution >= 0.6 is 23.5 Å². The molecule has 26 heavy (non-hydrogen) atoms. The minimum atomic E-state index is 0.778. The van der Waals surface area contributed by atoms with Gasteiger partial charge in [-0.15, -0.1) is 0 Å². The van der Waals surface area contributed by atoms with Crippen molar-refractivity contribution in [3.8, 4) is 0 Å². The third kappa shape index (κ3) is 2.93. The molecular formula is C18H12N6S2.